The standard InChI is InChI=1S/C11H11ClN4O/c1-7-3-4-13-10(12)9(7)15-11(17)8-5-16(2)6-14-8/h3-6H,1-2H3,(H,15,17). The van der Waals surface area contributed by atoms with Crippen molar-refractivity contribution in [2.24, 2.45) is 7.05 Å². The number of nitrogens with zero attached hydrogens (tertiary/aromatic N) is 3. The molecule has 2 aromatic heterocycles. The topological polar surface area (TPSA) is 59.8 Å². The van der Waals surface area contributed by atoms with Gasteiger partial charge in [0, 0.05) is 19.4 Å². The van der Waals surface area contributed by atoms with Crippen molar-refractivity contribution >= 4 is 23.2 Å². The van der Waals surface area contributed by atoms with Gasteiger partial charge in [-0.25, -0.2) is 9.97 Å². The molecular formula is C11H11ClN4O. The average molecular weight is 251 g/mol. The van der Waals surface area contributed by atoms with E-state index >= 15 is 0 Å². The Hall–Kier alpha value is -1.88. The quantitative estimate of drug-likeness (QED) is 0.830. The second kappa shape index (κ2) is 4.55. The summed E-state index contributed by atoms with van der Waals surface area (Å²) in [5.41, 5.74) is 1.71. The van der Waals surface area contributed by atoms with Gasteiger partial charge in [-0.05, 0) is 18.6 Å². The number of hydrogen-bond acceptors (Lipinski definition) is 3. The maximum absolute atomic E-state index is 11.9. The normalized spacial score (nSPS) is 10.3. The minimum Gasteiger partial charge on any atom is -0.340 e. The highest BCUT2D eigenvalue weighted by atomic mass is 35.5. The van der Waals surface area contributed by atoms with Crippen molar-refractivity contribution in [3.8, 4) is 0 Å². The van der Waals surface area contributed by atoms with Crippen molar-refractivity contribution in [1.82, 2.24) is 14.5 Å². The van der Waals surface area contributed by atoms with E-state index in [1.54, 1.807) is 36.4 Å². The molecule has 2 aromatic rings. The fourth-order valence-corrected chi connectivity index (χ4v) is 1.64. The van der Waals surface area contributed by atoms with E-state index in [0.29, 0.717) is 11.4 Å². The number of carbonyl (C=O) groups is 1. The summed E-state index contributed by atoms with van der Waals surface area (Å²) < 4.78 is 1.70. The molecule has 88 valence electrons. The molecule has 0 aliphatic heterocycles. The van der Waals surface area contributed by atoms with Crippen molar-refractivity contribution in [1.29, 1.82) is 0 Å². The Labute approximate surface area is 103 Å². The van der Waals surface area contributed by atoms with E-state index in [1.807, 2.05) is 6.92 Å². The third-order valence-electron chi connectivity index (χ3n) is 2.29. The molecule has 0 saturated carbocycles. The summed E-state index contributed by atoms with van der Waals surface area (Å²) in [7, 11) is 1.80. The van der Waals surface area contributed by atoms with Crippen LogP contribution in [0.3, 0.4) is 0 Å². The lowest BCUT2D eigenvalue weighted by Gasteiger charge is -2.07. The van der Waals surface area contributed by atoms with Gasteiger partial charge in [0.25, 0.3) is 5.91 Å². The number of amides is 1. The average Bonchev–Trinajstić information content (AvgIpc) is 2.70. The molecule has 0 bridgehead atoms. The second-order valence-electron chi connectivity index (χ2n) is 3.67. The van der Waals surface area contributed by atoms with Crippen LogP contribution in [0.2, 0.25) is 5.15 Å². The van der Waals surface area contributed by atoms with Crippen molar-refractivity contribution in [3.63, 3.8) is 0 Å². The van der Waals surface area contributed by atoms with Gasteiger partial charge in [-0.3, -0.25) is 4.79 Å². The monoisotopic (exact) mass is 250 g/mol. The molecular weight excluding hydrogens is 240 g/mol. The SMILES string of the molecule is Cc1ccnc(Cl)c1NC(=O)c1cn(C)cn1. The van der Waals surface area contributed by atoms with Crippen LogP contribution in [0.5, 0.6) is 0 Å². The first-order chi connectivity index (χ1) is 8.08. The smallest absolute Gasteiger partial charge is 0.275 e. The second-order valence-corrected chi connectivity index (χ2v) is 4.03. The van der Waals surface area contributed by atoms with Crippen LogP contribution in [0.4, 0.5) is 5.69 Å². The molecule has 17 heavy (non-hydrogen) atoms. The number of imidazole rings is 1. The molecule has 6 heteroatoms. The van der Waals surface area contributed by atoms with Gasteiger partial charge in [0.15, 0.2) is 5.15 Å². The predicted octanol–water partition coefficient (Wildman–Crippen LogP) is 2.03. The van der Waals surface area contributed by atoms with Crippen molar-refractivity contribution in [3.05, 3.63) is 41.2 Å². The summed E-state index contributed by atoms with van der Waals surface area (Å²) >= 11 is 5.91. The van der Waals surface area contributed by atoms with Gasteiger partial charge < -0.3 is 9.88 Å². The molecule has 1 N–H and O–H groups in total. The Balaban J connectivity index is 2.24. The molecule has 0 spiro atoms. The Morgan fingerprint density at radius 1 is 1.47 bits per heavy atom. The maximum atomic E-state index is 11.9. The van der Waals surface area contributed by atoms with E-state index in [1.165, 1.54) is 0 Å². The van der Waals surface area contributed by atoms with Crippen LogP contribution >= 0.6 is 11.6 Å². The van der Waals surface area contributed by atoms with E-state index in [4.69, 9.17) is 11.6 Å². The van der Waals surface area contributed by atoms with Crippen LogP contribution < -0.4 is 5.32 Å². The van der Waals surface area contributed by atoms with Crippen LogP contribution in [-0.2, 0) is 7.05 Å². The summed E-state index contributed by atoms with van der Waals surface area (Å²) in [6.07, 6.45) is 4.79. The van der Waals surface area contributed by atoms with Gasteiger partial charge >= 0.3 is 0 Å². The number of halogens is 1. The fraction of sp³-hybridized carbons (Fsp3) is 0.182. The Morgan fingerprint density at radius 3 is 2.82 bits per heavy atom. The summed E-state index contributed by atoms with van der Waals surface area (Å²) in [5.74, 6) is -0.302. The Morgan fingerprint density at radius 2 is 2.24 bits per heavy atom. The Kier molecular flexibility index (Phi) is 3.10. The van der Waals surface area contributed by atoms with Gasteiger partial charge in [-0.2, -0.15) is 0 Å². The zero-order valence-corrected chi connectivity index (χ0v) is 10.2. The molecule has 2 rings (SSSR count). The number of carbonyl (C=O) groups excluding carboxylic acids is 1. The van der Waals surface area contributed by atoms with Gasteiger partial charge in [0.05, 0.1) is 12.0 Å². The molecule has 0 fully saturated rings. The van der Waals surface area contributed by atoms with Crippen LogP contribution in [0.15, 0.2) is 24.8 Å². The van der Waals surface area contributed by atoms with E-state index in [9.17, 15) is 4.79 Å². The van der Waals surface area contributed by atoms with Crippen molar-refractivity contribution < 1.29 is 4.79 Å². The summed E-state index contributed by atoms with van der Waals surface area (Å²) in [6, 6.07) is 1.78. The van der Waals surface area contributed by atoms with Crippen LogP contribution in [0.1, 0.15) is 16.1 Å². The Bertz CT molecular complexity index is 544. The fourth-order valence-electron chi connectivity index (χ4n) is 1.38. The van der Waals surface area contributed by atoms with Gasteiger partial charge in [-0.15, -0.1) is 0 Å². The number of hydrogen-bond donors (Lipinski definition) is 1. The van der Waals surface area contributed by atoms with Crippen molar-refractivity contribution in [2.75, 3.05) is 5.32 Å². The molecule has 0 aliphatic rings. The zero-order valence-electron chi connectivity index (χ0n) is 9.44. The molecule has 0 atom stereocenters. The number of rotatable bonds is 2. The van der Waals surface area contributed by atoms with Crippen molar-refractivity contribution in [2.45, 2.75) is 6.92 Å². The number of anilines is 1. The highest BCUT2D eigenvalue weighted by molar-refractivity contribution is 6.32. The molecule has 1 amide bonds. The first kappa shape index (κ1) is 11.6. The molecule has 0 radical (unpaired) electrons. The molecule has 2 heterocycles. The van der Waals surface area contributed by atoms with Crippen LogP contribution in [-0.4, -0.2) is 20.4 Å². The zero-order chi connectivity index (χ0) is 12.4. The highest BCUT2D eigenvalue weighted by Crippen LogP contribution is 2.23. The summed E-state index contributed by atoms with van der Waals surface area (Å²) in [4.78, 5) is 19.7. The summed E-state index contributed by atoms with van der Waals surface area (Å²) in [5, 5.41) is 2.97. The number of pyridine rings is 1. The summed E-state index contributed by atoms with van der Waals surface area (Å²) in [6.45, 7) is 1.85. The number of nitrogens with one attached hydrogen (secondary N) is 1. The lowest BCUT2D eigenvalue weighted by molar-refractivity contribution is 0.102. The van der Waals surface area contributed by atoms with E-state index < -0.39 is 0 Å². The van der Waals surface area contributed by atoms with Gasteiger partial charge in [0.1, 0.15) is 5.69 Å². The molecule has 5 nitrogen and oxygen atoms in total. The molecule has 0 saturated heterocycles. The first-order valence-corrected chi connectivity index (χ1v) is 5.36. The van der Waals surface area contributed by atoms with E-state index in [2.05, 4.69) is 15.3 Å². The van der Waals surface area contributed by atoms with Crippen LogP contribution in [0, 0.1) is 6.92 Å². The first-order valence-electron chi connectivity index (χ1n) is 4.98. The lowest BCUT2D eigenvalue weighted by atomic mass is 10.2. The number of aromatic nitrogens is 3. The third kappa shape index (κ3) is 2.45. The molecule has 0 unspecified atom stereocenters. The minimum absolute atomic E-state index is 0.272. The van der Waals surface area contributed by atoms with E-state index in [0.717, 1.165) is 5.56 Å². The van der Waals surface area contributed by atoms with Crippen LogP contribution in [0.25, 0.3) is 0 Å². The van der Waals surface area contributed by atoms with Gasteiger partial charge in [0.2, 0.25) is 0 Å². The highest BCUT2D eigenvalue weighted by Gasteiger charge is 2.12. The lowest BCUT2D eigenvalue weighted by Crippen LogP contribution is -2.14. The minimum atomic E-state index is -0.302. The maximum Gasteiger partial charge on any atom is 0.275 e. The largest absolute Gasteiger partial charge is 0.340 e. The predicted molar refractivity (Wildman–Crippen MR) is 65.1 cm³/mol. The third-order valence-corrected chi connectivity index (χ3v) is 2.58. The molecule has 0 aliphatic carbocycles. The van der Waals surface area contributed by atoms with E-state index in [-0.39, 0.29) is 11.1 Å². The number of aryl methyl sites for hydroxylation is 2. The molecule has 0 aromatic carbocycles. The van der Waals surface area contributed by atoms with Gasteiger partial charge in [-0.1, -0.05) is 11.6 Å².